The predicted molar refractivity (Wildman–Crippen MR) is 116 cm³/mol. The lowest BCUT2D eigenvalue weighted by molar-refractivity contribution is 0.0512. The standard InChI is InChI=1S/C22H19ClN4O4/c1-3-30-22(28)20-25-19(24-12-13-8-10-14(29-2)11-9-13)17-18(27-31-21(17)26-20)15-6-4-5-7-16(15)23/h4-11H,3,12H2,1-2H3,(H,24,25,26). The van der Waals surface area contributed by atoms with E-state index in [0.29, 0.717) is 34.0 Å². The van der Waals surface area contributed by atoms with Crippen LogP contribution in [0, 0.1) is 0 Å². The molecule has 31 heavy (non-hydrogen) atoms. The molecule has 2 aromatic carbocycles. The van der Waals surface area contributed by atoms with Gasteiger partial charge in [-0.1, -0.05) is 47.1 Å². The molecule has 0 spiro atoms. The summed E-state index contributed by atoms with van der Waals surface area (Å²) < 4.78 is 15.7. The van der Waals surface area contributed by atoms with Gasteiger partial charge < -0.3 is 19.3 Å². The van der Waals surface area contributed by atoms with Crippen molar-refractivity contribution in [2.75, 3.05) is 19.0 Å². The monoisotopic (exact) mass is 438 g/mol. The molecule has 0 amide bonds. The fourth-order valence-corrected chi connectivity index (χ4v) is 3.26. The van der Waals surface area contributed by atoms with Crippen molar-refractivity contribution in [3.05, 3.63) is 64.9 Å². The number of methoxy groups -OCH3 is 1. The van der Waals surface area contributed by atoms with Crippen LogP contribution in [0.3, 0.4) is 0 Å². The lowest BCUT2D eigenvalue weighted by Gasteiger charge is -2.10. The Hall–Kier alpha value is -3.65. The van der Waals surface area contributed by atoms with E-state index in [2.05, 4.69) is 20.4 Å². The number of anilines is 1. The van der Waals surface area contributed by atoms with E-state index in [0.717, 1.165) is 11.3 Å². The summed E-state index contributed by atoms with van der Waals surface area (Å²) in [6, 6.07) is 14.8. The van der Waals surface area contributed by atoms with E-state index in [-0.39, 0.29) is 18.1 Å². The van der Waals surface area contributed by atoms with Crippen LogP contribution in [0.4, 0.5) is 5.82 Å². The van der Waals surface area contributed by atoms with Crippen molar-refractivity contribution in [1.82, 2.24) is 15.1 Å². The van der Waals surface area contributed by atoms with E-state index in [1.807, 2.05) is 42.5 Å². The number of carbonyl (C=O) groups excluding carboxylic acids is 1. The molecule has 0 saturated heterocycles. The SMILES string of the molecule is CCOC(=O)c1nc(NCc2ccc(OC)cc2)c2c(-c3ccccc3Cl)noc2n1. The normalized spacial score (nSPS) is 10.8. The fourth-order valence-electron chi connectivity index (χ4n) is 3.04. The van der Waals surface area contributed by atoms with Gasteiger partial charge >= 0.3 is 5.97 Å². The summed E-state index contributed by atoms with van der Waals surface area (Å²) in [5, 5.41) is 8.42. The number of aromatic nitrogens is 3. The number of halogens is 1. The van der Waals surface area contributed by atoms with Crippen molar-refractivity contribution in [1.29, 1.82) is 0 Å². The molecule has 158 valence electrons. The van der Waals surface area contributed by atoms with Crippen LogP contribution in [0.25, 0.3) is 22.4 Å². The van der Waals surface area contributed by atoms with Gasteiger partial charge in [0.1, 0.15) is 22.6 Å². The Morgan fingerprint density at radius 1 is 1.13 bits per heavy atom. The van der Waals surface area contributed by atoms with Crippen LogP contribution in [0.2, 0.25) is 5.02 Å². The second-order valence-electron chi connectivity index (χ2n) is 6.51. The number of rotatable bonds is 7. The smallest absolute Gasteiger partial charge is 0.376 e. The Morgan fingerprint density at radius 3 is 2.61 bits per heavy atom. The molecule has 0 fully saturated rings. The molecule has 0 radical (unpaired) electrons. The zero-order valence-corrected chi connectivity index (χ0v) is 17.6. The molecule has 8 nitrogen and oxygen atoms in total. The third kappa shape index (κ3) is 4.29. The lowest BCUT2D eigenvalue weighted by Crippen LogP contribution is -2.12. The number of carbonyl (C=O) groups is 1. The maximum Gasteiger partial charge on any atom is 0.376 e. The summed E-state index contributed by atoms with van der Waals surface area (Å²) >= 11 is 6.36. The molecule has 0 saturated carbocycles. The molecule has 4 aromatic rings. The molecular weight excluding hydrogens is 420 g/mol. The number of fused-ring (bicyclic) bond motifs is 1. The molecule has 4 rings (SSSR count). The molecule has 9 heteroatoms. The Balaban J connectivity index is 1.77. The highest BCUT2D eigenvalue weighted by Crippen LogP contribution is 2.35. The van der Waals surface area contributed by atoms with Crippen LogP contribution >= 0.6 is 11.6 Å². The van der Waals surface area contributed by atoms with Crippen molar-refractivity contribution < 1.29 is 18.8 Å². The van der Waals surface area contributed by atoms with Crippen LogP contribution in [-0.2, 0) is 11.3 Å². The molecular formula is C22H19ClN4O4. The first-order valence-corrected chi connectivity index (χ1v) is 9.94. The molecule has 2 aromatic heterocycles. The summed E-state index contributed by atoms with van der Waals surface area (Å²) in [7, 11) is 1.62. The molecule has 0 bridgehead atoms. The quantitative estimate of drug-likeness (QED) is 0.413. The fraction of sp³-hybridized carbons (Fsp3) is 0.182. The highest BCUT2D eigenvalue weighted by molar-refractivity contribution is 6.33. The molecule has 0 aliphatic heterocycles. The van der Waals surface area contributed by atoms with E-state index in [9.17, 15) is 4.79 Å². The van der Waals surface area contributed by atoms with Gasteiger partial charge in [-0.25, -0.2) is 9.78 Å². The summed E-state index contributed by atoms with van der Waals surface area (Å²) in [6.07, 6.45) is 0. The van der Waals surface area contributed by atoms with Gasteiger partial charge in [0.25, 0.3) is 5.71 Å². The summed E-state index contributed by atoms with van der Waals surface area (Å²) in [5.41, 5.74) is 2.29. The highest BCUT2D eigenvalue weighted by atomic mass is 35.5. The zero-order valence-electron chi connectivity index (χ0n) is 16.9. The first kappa shape index (κ1) is 20.6. The van der Waals surface area contributed by atoms with Gasteiger partial charge in [-0.15, -0.1) is 0 Å². The average Bonchev–Trinajstić information content (AvgIpc) is 3.22. The second-order valence-corrected chi connectivity index (χ2v) is 6.92. The number of ether oxygens (including phenoxy) is 2. The van der Waals surface area contributed by atoms with E-state index < -0.39 is 5.97 Å². The van der Waals surface area contributed by atoms with Gasteiger partial charge in [0.05, 0.1) is 18.7 Å². The van der Waals surface area contributed by atoms with Crippen LogP contribution in [0.1, 0.15) is 23.1 Å². The van der Waals surface area contributed by atoms with Gasteiger partial charge in [-0.3, -0.25) is 0 Å². The van der Waals surface area contributed by atoms with Gasteiger partial charge in [-0.2, -0.15) is 4.98 Å². The maximum atomic E-state index is 12.2. The third-order valence-electron chi connectivity index (χ3n) is 4.54. The molecule has 0 aliphatic carbocycles. The summed E-state index contributed by atoms with van der Waals surface area (Å²) in [4.78, 5) is 20.8. The maximum absolute atomic E-state index is 12.2. The largest absolute Gasteiger partial charge is 0.497 e. The highest BCUT2D eigenvalue weighted by Gasteiger charge is 2.23. The van der Waals surface area contributed by atoms with Crippen molar-refractivity contribution in [2.24, 2.45) is 0 Å². The van der Waals surface area contributed by atoms with Crippen molar-refractivity contribution in [2.45, 2.75) is 13.5 Å². The van der Waals surface area contributed by atoms with Gasteiger partial charge in [0, 0.05) is 12.1 Å². The minimum absolute atomic E-state index is 0.117. The number of hydrogen-bond donors (Lipinski definition) is 1. The van der Waals surface area contributed by atoms with Gasteiger partial charge in [0.15, 0.2) is 0 Å². The molecule has 0 unspecified atom stereocenters. The summed E-state index contributed by atoms with van der Waals surface area (Å²) in [5.74, 6) is 0.388. The van der Waals surface area contributed by atoms with Crippen molar-refractivity contribution >= 4 is 34.5 Å². The van der Waals surface area contributed by atoms with Gasteiger partial charge in [0.2, 0.25) is 5.82 Å². The average molecular weight is 439 g/mol. The van der Waals surface area contributed by atoms with Crippen molar-refractivity contribution in [3.63, 3.8) is 0 Å². The predicted octanol–water partition coefficient (Wildman–Crippen LogP) is 4.74. The summed E-state index contributed by atoms with van der Waals surface area (Å²) in [6.45, 7) is 2.35. The Labute approximate surface area is 183 Å². The van der Waals surface area contributed by atoms with Crippen LogP contribution < -0.4 is 10.1 Å². The third-order valence-corrected chi connectivity index (χ3v) is 4.87. The van der Waals surface area contributed by atoms with Crippen LogP contribution in [0.5, 0.6) is 5.75 Å². The first-order chi connectivity index (χ1) is 15.1. The van der Waals surface area contributed by atoms with Crippen molar-refractivity contribution in [3.8, 4) is 17.0 Å². The lowest BCUT2D eigenvalue weighted by atomic mass is 10.1. The van der Waals surface area contributed by atoms with E-state index >= 15 is 0 Å². The minimum Gasteiger partial charge on any atom is -0.497 e. The van der Waals surface area contributed by atoms with E-state index in [4.69, 9.17) is 25.6 Å². The second kappa shape index (κ2) is 9.01. The number of benzene rings is 2. The number of nitrogens with zero attached hydrogens (tertiary/aromatic N) is 3. The number of nitrogens with one attached hydrogen (secondary N) is 1. The zero-order chi connectivity index (χ0) is 21.8. The molecule has 0 aliphatic rings. The van der Waals surface area contributed by atoms with Crippen LogP contribution in [-0.4, -0.2) is 34.8 Å². The first-order valence-electron chi connectivity index (χ1n) is 9.57. The molecule has 1 N–H and O–H groups in total. The van der Waals surface area contributed by atoms with E-state index in [1.54, 1.807) is 20.1 Å². The number of hydrogen-bond acceptors (Lipinski definition) is 8. The Morgan fingerprint density at radius 2 is 1.90 bits per heavy atom. The Bertz CT molecular complexity index is 1220. The minimum atomic E-state index is -0.646. The Kier molecular flexibility index (Phi) is 5.99. The van der Waals surface area contributed by atoms with Crippen LogP contribution in [0.15, 0.2) is 53.1 Å². The van der Waals surface area contributed by atoms with E-state index in [1.165, 1.54) is 0 Å². The molecule has 0 atom stereocenters. The van der Waals surface area contributed by atoms with Gasteiger partial charge in [-0.05, 0) is 30.7 Å². The topological polar surface area (TPSA) is 99.4 Å². The molecule has 2 heterocycles. The number of esters is 1.